The largest absolute Gasteiger partial charge is 0.444 e. The molecule has 0 bridgehead atoms. The number of alkyl halides is 3. The van der Waals surface area contributed by atoms with Crippen LogP contribution < -0.4 is 0 Å². The number of sulfone groups is 1. The molecule has 1 aliphatic rings. The van der Waals surface area contributed by atoms with Crippen molar-refractivity contribution < 1.29 is 31.1 Å². The molecule has 1 fully saturated rings. The lowest BCUT2D eigenvalue weighted by Gasteiger charge is -2.27. The number of imidazole rings is 1. The van der Waals surface area contributed by atoms with Crippen LogP contribution in [0, 0.1) is 0 Å². The van der Waals surface area contributed by atoms with Crippen LogP contribution in [0.25, 0.3) is 28.2 Å². The van der Waals surface area contributed by atoms with Crippen LogP contribution >= 0.6 is 0 Å². The Morgan fingerprint density at radius 2 is 1.65 bits per heavy atom. The van der Waals surface area contributed by atoms with Gasteiger partial charge in [0.1, 0.15) is 11.4 Å². The molecule has 0 aliphatic carbocycles. The van der Waals surface area contributed by atoms with Gasteiger partial charge in [0.15, 0.2) is 9.84 Å². The number of rotatable bonds is 5. The van der Waals surface area contributed by atoms with E-state index in [0.29, 0.717) is 36.3 Å². The second-order valence-electron chi connectivity index (χ2n) is 11.6. The third kappa shape index (κ3) is 6.61. The summed E-state index contributed by atoms with van der Waals surface area (Å²) in [5.74, 6) is 0.0887. The van der Waals surface area contributed by atoms with Crippen LogP contribution in [0.3, 0.4) is 0 Å². The smallest absolute Gasteiger partial charge is 0.417 e. The molecule has 0 saturated carbocycles. The molecular formula is C32H32F3N3O4S. The van der Waals surface area contributed by atoms with Crippen molar-refractivity contribution in [3.8, 4) is 28.2 Å². The summed E-state index contributed by atoms with van der Waals surface area (Å²) in [4.78, 5) is 19.5. The number of nitrogens with zero attached hydrogens (tertiary/aromatic N) is 3. The molecule has 1 atom stereocenters. The predicted octanol–water partition coefficient (Wildman–Crippen LogP) is 7.70. The van der Waals surface area contributed by atoms with Crippen molar-refractivity contribution in [3.63, 3.8) is 0 Å². The Bertz CT molecular complexity index is 1760. The number of carbonyl (C=O) groups is 1. The molecule has 0 spiro atoms. The van der Waals surface area contributed by atoms with E-state index in [1.807, 2.05) is 0 Å². The first-order valence-corrected chi connectivity index (χ1v) is 15.7. The second-order valence-corrected chi connectivity index (χ2v) is 13.6. The SMILES string of the molecule is CC(C)(C)OC(=O)N1CCC[C@@H]1c1cn(-c2ccc(-c3cccc(S(C)(=O)=O)c3)cc2)c(-c2ccccc2C(F)(F)F)n1. The normalized spacial score (nSPS) is 16.0. The molecule has 43 heavy (non-hydrogen) atoms. The van der Waals surface area contributed by atoms with E-state index in [-0.39, 0.29) is 16.3 Å². The summed E-state index contributed by atoms with van der Waals surface area (Å²) in [5.41, 5.74) is 0.811. The minimum Gasteiger partial charge on any atom is -0.444 e. The van der Waals surface area contributed by atoms with E-state index >= 15 is 0 Å². The van der Waals surface area contributed by atoms with Gasteiger partial charge in [-0.1, -0.05) is 42.5 Å². The summed E-state index contributed by atoms with van der Waals surface area (Å²) in [6.45, 7) is 5.77. The van der Waals surface area contributed by atoms with Gasteiger partial charge in [0, 0.05) is 30.2 Å². The summed E-state index contributed by atoms with van der Waals surface area (Å²) in [6.07, 6.45) is -1.01. The van der Waals surface area contributed by atoms with Crippen LogP contribution in [0.5, 0.6) is 0 Å². The first kappa shape index (κ1) is 30.3. The quantitative estimate of drug-likeness (QED) is 0.231. The zero-order valence-corrected chi connectivity index (χ0v) is 25.0. The maximum Gasteiger partial charge on any atom is 0.417 e. The highest BCUT2D eigenvalue weighted by molar-refractivity contribution is 7.90. The number of likely N-dealkylation sites (tertiary alicyclic amines) is 1. The summed E-state index contributed by atoms with van der Waals surface area (Å²) in [5, 5.41) is 0. The Balaban J connectivity index is 1.60. The number of amides is 1. The Labute approximate surface area is 248 Å². The van der Waals surface area contributed by atoms with Crippen molar-refractivity contribution in [1.29, 1.82) is 0 Å². The Hall–Kier alpha value is -4.12. The number of halogens is 3. The van der Waals surface area contributed by atoms with Crippen LogP contribution in [0.2, 0.25) is 0 Å². The van der Waals surface area contributed by atoms with Crippen LogP contribution in [0.4, 0.5) is 18.0 Å². The third-order valence-corrected chi connectivity index (χ3v) is 8.27. The average molecular weight is 612 g/mol. The lowest BCUT2D eigenvalue weighted by molar-refractivity contribution is -0.137. The minimum atomic E-state index is -4.61. The molecule has 3 aromatic carbocycles. The fourth-order valence-electron chi connectivity index (χ4n) is 5.21. The molecule has 0 radical (unpaired) electrons. The standard InChI is InChI=1S/C32H32F3N3O4S/c1-31(2,3)42-30(39)37-18-8-13-28(37)27-20-38(29(36-27)25-11-5-6-12-26(25)32(33,34)35)23-16-14-21(15-17-23)22-9-7-10-24(19-22)43(4,40)41/h5-7,9-12,14-17,19-20,28H,8,13,18H2,1-4H3/t28-/m1/s1. The van der Waals surface area contributed by atoms with E-state index in [4.69, 9.17) is 9.72 Å². The van der Waals surface area contributed by atoms with Crippen LogP contribution in [0.1, 0.15) is 50.9 Å². The Morgan fingerprint density at radius 1 is 0.953 bits per heavy atom. The molecule has 1 aromatic heterocycles. The van der Waals surface area contributed by atoms with Gasteiger partial charge >= 0.3 is 12.3 Å². The van der Waals surface area contributed by atoms with Crippen molar-refractivity contribution in [2.24, 2.45) is 0 Å². The van der Waals surface area contributed by atoms with Crippen LogP contribution in [0.15, 0.2) is 83.9 Å². The molecule has 5 rings (SSSR count). The van der Waals surface area contributed by atoms with E-state index < -0.39 is 39.3 Å². The molecule has 0 unspecified atom stereocenters. The molecule has 226 valence electrons. The highest BCUT2D eigenvalue weighted by Crippen LogP contribution is 2.40. The van der Waals surface area contributed by atoms with E-state index in [9.17, 15) is 26.4 Å². The molecule has 7 nitrogen and oxygen atoms in total. The Morgan fingerprint density at radius 3 is 2.30 bits per heavy atom. The molecule has 1 amide bonds. The molecular weight excluding hydrogens is 579 g/mol. The van der Waals surface area contributed by atoms with Crippen LogP contribution in [-0.2, 0) is 20.8 Å². The topological polar surface area (TPSA) is 81.5 Å². The van der Waals surface area contributed by atoms with Gasteiger partial charge in [0.05, 0.1) is 22.2 Å². The molecule has 1 saturated heterocycles. The van der Waals surface area contributed by atoms with Gasteiger partial charge < -0.3 is 4.74 Å². The van der Waals surface area contributed by atoms with Crippen LogP contribution in [-0.4, -0.2) is 47.4 Å². The third-order valence-electron chi connectivity index (χ3n) is 7.16. The highest BCUT2D eigenvalue weighted by Gasteiger charge is 2.37. The summed E-state index contributed by atoms with van der Waals surface area (Å²) < 4.78 is 73.6. The average Bonchev–Trinajstić information content (AvgIpc) is 3.59. The first-order valence-electron chi connectivity index (χ1n) is 13.8. The number of hydrogen-bond acceptors (Lipinski definition) is 5. The number of hydrogen-bond donors (Lipinski definition) is 0. The van der Waals surface area contributed by atoms with Gasteiger partial charge in [-0.2, -0.15) is 13.2 Å². The summed E-state index contributed by atoms with van der Waals surface area (Å²) >= 11 is 0. The molecule has 11 heteroatoms. The van der Waals surface area contributed by atoms with Gasteiger partial charge in [0.25, 0.3) is 0 Å². The molecule has 4 aromatic rings. The molecule has 0 N–H and O–H groups in total. The predicted molar refractivity (Wildman–Crippen MR) is 157 cm³/mol. The minimum absolute atomic E-state index is 0.0887. The van der Waals surface area contributed by atoms with Crippen molar-refractivity contribution in [2.75, 3.05) is 12.8 Å². The first-order chi connectivity index (χ1) is 20.1. The number of ether oxygens (including phenoxy) is 1. The van der Waals surface area contributed by atoms with Crippen molar-refractivity contribution in [3.05, 3.63) is 90.3 Å². The zero-order chi connectivity index (χ0) is 31.2. The van der Waals surface area contributed by atoms with E-state index in [0.717, 1.165) is 17.9 Å². The van der Waals surface area contributed by atoms with Gasteiger partial charge in [-0.15, -0.1) is 0 Å². The van der Waals surface area contributed by atoms with E-state index in [2.05, 4.69) is 0 Å². The Kier molecular flexibility index (Phi) is 7.89. The summed E-state index contributed by atoms with van der Waals surface area (Å²) in [6, 6.07) is 18.4. The van der Waals surface area contributed by atoms with Gasteiger partial charge in [-0.3, -0.25) is 9.47 Å². The van der Waals surface area contributed by atoms with Gasteiger partial charge in [-0.05, 0) is 75.1 Å². The fraction of sp³-hybridized carbons (Fsp3) is 0.312. The lowest BCUT2D eigenvalue weighted by atomic mass is 10.0. The van der Waals surface area contributed by atoms with Crippen molar-refractivity contribution in [2.45, 2.75) is 56.3 Å². The van der Waals surface area contributed by atoms with Gasteiger partial charge in [0.2, 0.25) is 0 Å². The van der Waals surface area contributed by atoms with E-state index in [1.54, 1.807) is 78.9 Å². The number of benzene rings is 3. The lowest BCUT2D eigenvalue weighted by Crippen LogP contribution is -2.36. The van der Waals surface area contributed by atoms with Gasteiger partial charge in [-0.25, -0.2) is 18.2 Å². The van der Waals surface area contributed by atoms with Crippen molar-refractivity contribution in [1.82, 2.24) is 14.5 Å². The highest BCUT2D eigenvalue weighted by atomic mass is 32.2. The second kappa shape index (κ2) is 11.2. The fourth-order valence-corrected chi connectivity index (χ4v) is 5.87. The molecule has 2 heterocycles. The monoisotopic (exact) mass is 611 g/mol. The number of aromatic nitrogens is 2. The van der Waals surface area contributed by atoms with Crippen molar-refractivity contribution >= 4 is 15.9 Å². The maximum absolute atomic E-state index is 14.1. The maximum atomic E-state index is 14.1. The zero-order valence-electron chi connectivity index (χ0n) is 24.2. The summed E-state index contributed by atoms with van der Waals surface area (Å²) in [7, 11) is -3.40. The number of carbonyl (C=O) groups excluding carboxylic acids is 1. The van der Waals surface area contributed by atoms with E-state index in [1.165, 1.54) is 24.3 Å². The molecule has 1 aliphatic heterocycles.